The summed E-state index contributed by atoms with van der Waals surface area (Å²) in [5.41, 5.74) is 8.70. The van der Waals surface area contributed by atoms with E-state index in [0.29, 0.717) is 36.2 Å². The Labute approximate surface area is 223 Å². The Morgan fingerprint density at radius 3 is 2.34 bits per heavy atom. The van der Waals surface area contributed by atoms with Crippen LogP contribution >= 0.6 is 0 Å². The first-order valence-corrected chi connectivity index (χ1v) is 12.5. The SMILES string of the molecule is CN(CCCN)CC(=O)NCC(=O)N1C/C(=C\c2ccc(C#N)cc2)C(=O)C(Cc2ccc(C#N)cc2)C1. The van der Waals surface area contributed by atoms with Gasteiger partial charge in [0, 0.05) is 24.6 Å². The zero-order chi connectivity index (χ0) is 27.5. The second kappa shape index (κ2) is 13.8. The van der Waals surface area contributed by atoms with Gasteiger partial charge in [-0.2, -0.15) is 10.5 Å². The number of carbonyl (C=O) groups excluding carboxylic acids is 3. The number of hydrogen-bond acceptors (Lipinski definition) is 7. The largest absolute Gasteiger partial charge is 0.346 e. The number of nitrogens with two attached hydrogens (primary N) is 1. The summed E-state index contributed by atoms with van der Waals surface area (Å²) >= 11 is 0. The average Bonchev–Trinajstić information content (AvgIpc) is 2.93. The van der Waals surface area contributed by atoms with Crippen LogP contribution in [0, 0.1) is 28.6 Å². The molecule has 9 nitrogen and oxygen atoms in total. The van der Waals surface area contributed by atoms with Crippen molar-refractivity contribution in [1.29, 1.82) is 10.5 Å². The highest BCUT2D eigenvalue weighted by Gasteiger charge is 2.33. The number of Topliss-reactive ketones (excluding diaryl/α,β-unsaturated/α-hetero) is 1. The average molecular weight is 513 g/mol. The molecule has 2 amide bonds. The molecule has 1 unspecified atom stereocenters. The lowest BCUT2D eigenvalue weighted by molar-refractivity contribution is -0.135. The Morgan fingerprint density at radius 1 is 1.11 bits per heavy atom. The number of nitriles is 2. The Kier molecular flexibility index (Phi) is 10.3. The van der Waals surface area contributed by atoms with E-state index in [1.807, 2.05) is 24.1 Å². The molecule has 196 valence electrons. The molecular formula is C29H32N6O3. The Bertz CT molecular complexity index is 1260. The molecule has 0 aromatic heterocycles. The molecule has 1 aliphatic rings. The van der Waals surface area contributed by atoms with Gasteiger partial charge in [-0.3, -0.25) is 19.3 Å². The van der Waals surface area contributed by atoms with Crippen molar-refractivity contribution in [2.75, 3.05) is 46.3 Å². The van der Waals surface area contributed by atoms with Crippen LogP contribution in [0.1, 0.15) is 28.7 Å². The molecule has 0 radical (unpaired) electrons. The molecule has 3 N–H and O–H groups in total. The topological polar surface area (TPSA) is 143 Å². The fourth-order valence-electron chi connectivity index (χ4n) is 4.31. The van der Waals surface area contributed by atoms with Crippen LogP contribution in [0.3, 0.4) is 0 Å². The number of likely N-dealkylation sites (tertiary alicyclic amines) is 1. The number of rotatable bonds is 10. The summed E-state index contributed by atoms with van der Waals surface area (Å²) in [6.45, 7) is 1.59. The molecule has 2 aromatic carbocycles. The second-order valence-corrected chi connectivity index (χ2v) is 9.41. The molecule has 0 spiro atoms. The van der Waals surface area contributed by atoms with E-state index in [1.54, 1.807) is 47.4 Å². The molecule has 1 fully saturated rings. The number of hydrogen-bond donors (Lipinski definition) is 2. The van der Waals surface area contributed by atoms with Gasteiger partial charge in [-0.15, -0.1) is 0 Å². The van der Waals surface area contributed by atoms with E-state index in [1.165, 1.54) is 0 Å². The third-order valence-electron chi connectivity index (χ3n) is 6.38. The fraction of sp³-hybridized carbons (Fsp3) is 0.345. The van der Waals surface area contributed by atoms with Crippen LogP contribution in [0.5, 0.6) is 0 Å². The first kappa shape index (κ1) is 28.3. The van der Waals surface area contributed by atoms with E-state index in [2.05, 4.69) is 17.5 Å². The van der Waals surface area contributed by atoms with Gasteiger partial charge in [-0.1, -0.05) is 24.3 Å². The summed E-state index contributed by atoms with van der Waals surface area (Å²) in [5.74, 6) is -1.05. The lowest BCUT2D eigenvalue weighted by Gasteiger charge is -2.34. The Hall–Kier alpha value is -4.31. The summed E-state index contributed by atoms with van der Waals surface area (Å²) in [7, 11) is 1.82. The third-order valence-corrected chi connectivity index (χ3v) is 6.38. The number of carbonyl (C=O) groups is 3. The van der Waals surface area contributed by atoms with E-state index < -0.39 is 5.92 Å². The first-order valence-electron chi connectivity index (χ1n) is 12.5. The number of ketones is 1. The number of amides is 2. The fourth-order valence-corrected chi connectivity index (χ4v) is 4.31. The molecule has 3 rings (SSSR count). The van der Waals surface area contributed by atoms with Crippen LogP contribution in [-0.2, 0) is 20.8 Å². The first-order chi connectivity index (χ1) is 18.3. The molecule has 0 aliphatic carbocycles. The van der Waals surface area contributed by atoms with Gasteiger partial charge in [0.2, 0.25) is 11.8 Å². The van der Waals surface area contributed by atoms with E-state index in [9.17, 15) is 14.4 Å². The Balaban J connectivity index is 1.75. The summed E-state index contributed by atoms with van der Waals surface area (Å²) < 4.78 is 0. The van der Waals surface area contributed by atoms with Crippen molar-refractivity contribution in [2.45, 2.75) is 12.8 Å². The lowest BCUT2D eigenvalue weighted by atomic mass is 9.86. The summed E-state index contributed by atoms with van der Waals surface area (Å²) in [6.07, 6.45) is 2.94. The molecule has 0 saturated carbocycles. The molecule has 1 atom stereocenters. The van der Waals surface area contributed by atoms with Crippen LogP contribution in [0.15, 0.2) is 54.1 Å². The number of benzene rings is 2. The van der Waals surface area contributed by atoms with E-state index in [0.717, 1.165) is 17.5 Å². The number of nitrogens with one attached hydrogen (secondary N) is 1. The standard InChI is InChI=1S/C29H32N6O3/c1-34(12-2-11-30)20-27(36)33-17-28(37)35-18-25(13-21-3-7-23(15-31)8-4-21)29(38)26(19-35)14-22-5-9-24(16-32)10-6-22/h3-10,13,26H,2,11-12,14,17-20,30H2,1H3,(H,33,36)/b25-13+. The van der Waals surface area contributed by atoms with Crippen molar-refractivity contribution >= 4 is 23.7 Å². The predicted octanol–water partition coefficient (Wildman–Crippen LogP) is 1.48. The van der Waals surface area contributed by atoms with E-state index in [-0.39, 0.29) is 43.8 Å². The molecule has 1 heterocycles. The van der Waals surface area contributed by atoms with Gasteiger partial charge in [-0.25, -0.2) is 0 Å². The van der Waals surface area contributed by atoms with Crippen molar-refractivity contribution < 1.29 is 14.4 Å². The third kappa shape index (κ3) is 8.10. The molecule has 0 bridgehead atoms. The zero-order valence-electron chi connectivity index (χ0n) is 21.5. The summed E-state index contributed by atoms with van der Waals surface area (Å²) in [4.78, 5) is 42.3. The van der Waals surface area contributed by atoms with Gasteiger partial charge in [0.05, 0.1) is 36.4 Å². The van der Waals surface area contributed by atoms with Gasteiger partial charge in [0.15, 0.2) is 5.78 Å². The molecular weight excluding hydrogens is 480 g/mol. The van der Waals surface area contributed by atoms with Crippen molar-refractivity contribution in [2.24, 2.45) is 11.7 Å². The smallest absolute Gasteiger partial charge is 0.242 e. The second-order valence-electron chi connectivity index (χ2n) is 9.41. The van der Waals surface area contributed by atoms with Crippen molar-refractivity contribution in [3.63, 3.8) is 0 Å². The van der Waals surface area contributed by atoms with Crippen molar-refractivity contribution in [3.05, 3.63) is 76.4 Å². The van der Waals surface area contributed by atoms with E-state index >= 15 is 0 Å². The molecule has 1 saturated heterocycles. The number of piperidine rings is 1. The molecule has 9 heteroatoms. The van der Waals surface area contributed by atoms with Crippen LogP contribution in [0.2, 0.25) is 0 Å². The highest BCUT2D eigenvalue weighted by molar-refractivity contribution is 6.03. The van der Waals surface area contributed by atoms with Crippen LogP contribution in [0.25, 0.3) is 6.08 Å². The van der Waals surface area contributed by atoms with Gasteiger partial charge < -0.3 is 16.0 Å². The molecule has 2 aromatic rings. The maximum absolute atomic E-state index is 13.4. The summed E-state index contributed by atoms with van der Waals surface area (Å²) in [5, 5.41) is 20.8. The van der Waals surface area contributed by atoms with Gasteiger partial charge in [-0.05, 0) is 74.4 Å². The quantitative estimate of drug-likeness (QED) is 0.459. The highest BCUT2D eigenvalue weighted by atomic mass is 16.2. The summed E-state index contributed by atoms with van der Waals surface area (Å²) in [6, 6.07) is 18.1. The van der Waals surface area contributed by atoms with Crippen LogP contribution < -0.4 is 11.1 Å². The normalized spacial score (nSPS) is 16.2. The molecule has 1 aliphatic heterocycles. The van der Waals surface area contributed by atoms with Gasteiger partial charge >= 0.3 is 0 Å². The van der Waals surface area contributed by atoms with Crippen LogP contribution in [0.4, 0.5) is 0 Å². The van der Waals surface area contributed by atoms with Gasteiger partial charge in [0.1, 0.15) is 0 Å². The van der Waals surface area contributed by atoms with Crippen molar-refractivity contribution in [3.8, 4) is 12.1 Å². The van der Waals surface area contributed by atoms with Crippen molar-refractivity contribution in [1.82, 2.24) is 15.1 Å². The van der Waals surface area contributed by atoms with Crippen LogP contribution in [-0.4, -0.2) is 73.7 Å². The maximum Gasteiger partial charge on any atom is 0.242 e. The minimum Gasteiger partial charge on any atom is -0.346 e. The minimum atomic E-state index is -0.469. The predicted molar refractivity (Wildman–Crippen MR) is 143 cm³/mol. The van der Waals surface area contributed by atoms with Gasteiger partial charge in [0.25, 0.3) is 0 Å². The highest BCUT2D eigenvalue weighted by Crippen LogP contribution is 2.24. The minimum absolute atomic E-state index is 0.0478. The molecule has 38 heavy (non-hydrogen) atoms. The maximum atomic E-state index is 13.4. The zero-order valence-corrected chi connectivity index (χ0v) is 21.5. The lowest BCUT2D eigenvalue weighted by Crippen LogP contribution is -2.50. The number of nitrogens with zero attached hydrogens (tertiary/aromatic N) is 4. The monoisotopic (exact) mass is 512 g/mol. The number of likely N-dealkylation sites (N-methyl/N-ethyl adjacent to an activating group) is 1. The van der Waals surface area contributed by atoms with E-state index in [4.69, 9.17) is 16.3 Å². The Morgan fingerprint density at radius 2 is 1.74 bits per heavy atom.